The van der Waals surface area contributed by atoms with Crippen molar-refractivity contribution < 1.29 is 21.6 Å². The van der Waals surface area contributed by atoms with Gasteiger partial charge in [-0.15, -0.1) is 0 Å². The zero-order valence-corrected chi connectivity index (χ0v) is 17.6. The predicted molar refractivity (Wildman–Crippen MR) is 111 cm³/mol. The van der Waals surface area contributed by atoms with E-state index in [1.54, 1.807) is 18.2 Å². The Balaban J connectivity index is 2.29. The summed E-state index contributed by atoms with van der Waals surface area (Å²) in [6, 6.07) is 18.7. The van der Waals surface area contributed by atoms with Crippen molar-refractivity contribution in [2.45, 2.75) is 16.7 Å². The Morgan fingerprint density at radius 2 is 1.34 bits per heavy atom. The van der Waals surface area contributed by atoms with Crippen molar-refractivity contribution in [3.63, 3.8) is 0 Å². The average molecular weight is 450 g/mol. The molecule has 29 heavy (non-hydrogen) atoms. The second kappa shape index (κ2) is 7.98. The van der Waals surface area contributed by atoms with Crippen LogP contribution in [0.25, 0.3) is 0 Å². The molecular formula is C20H16ClNO5S2. The summed E-state index contributed by atoms with van der Waals surface area (Å²) in [5, 5.41) is 0. The minimum absolute atomic E-state index is 0.0804. The number of anilines is 1. The van der Waals surface area contributed by atoms with Crippen LogP contribution in [0.3, 0.4) is 0 Å². The van der Waals surface area contributed by atoms with Crippen LogP contribution in [0.5, 0.6) is 0 Å². The van der Waals surface area contributed by atoms with E-state index in [9.17, 15) is 21.6 Å². The van der Waals surface area contributed by atoms with Crippen molar-refractivity contribution in [3.8, 4) is 0 Å². The highest BCUT2D eigenvalue weighted by molar-refractivity contribution is 8.14. The lowest BCUT2D eigenvalue weighted by Gasteiger charge is -2.24. The lowest BCUT2D eigenvalue weighted by atomic mass is 10.1. The fourth-order valence-electron chi connectivity index (χ4n) is 2.69. The van der Waals surface area contributed by atoms with Crippen molar-refractivity contribution in [3.05, 3.63) is 90.0 Å². The first-order chi connectivity index (χ1) is 13.6. The fraction of sp³-hybridized carbons (Fsp3) is 0.0500. The van der Waals surface area contributed by atoms with Crippen molar-refractivity contribution in [1.29, 1.82) is 0 Å². The average Bonchev–Trinajstić information content (AvgIpc) is 2.69. The Kier molecular flexibility index (Phi) is 5.79. The number of benzene rings is 3. The number of sulfonamides is 1. The number of halogens is 1. The molecule has 0 unspecified atom stereocenters. The minimum Gasteiger partial charge on any atom is -0.268 e. The molecule has 0 aromatic heterocycles. The van der Waals surface area contributed by atoms with Gasteiger partial charge in [-0.3, -0.25) is 4.79 Å². The Bertz CT molecular complexity index is 1260. The molecule has 3 aromatic rings. The van der Waals surface area contributed by atoms with Crippen LogP contribution >= 0.6 is 10.7 Å². The quantitative estimate of drug-likeness (QED) is 0.550. The molecule has 0 aliphatic carbocycles. The van der Waals surface area contributed by atoms with Crippen LogP contribution in [0.4, 0.5) is 5.69 Å². The highest BCUT2D eigenvalue weighted by Gasteiger charge is 2.35. The van der Waals surface area contributed by atoms with Gasteiger partial charge in [-0.2, -0.15) is 4.31 Å². The molecule has 1 amide bonds. The van der Waals surface area contributed by atoms with Gasteiger partial charge < -0.3 is 0 Å². The molecule has 0 spiro atoms. The highest BCUT2D eigenvalue weighted by atomic mass is 35.7. The Hall–Kier alpha value is -2.68. The fourth-order valence-corrected chi connectivity index (χ4v) is 5.24. The van der Waals surface area contributed by atoms with Crippen molar-refractivity contribution >= 4 is 41.4 Å². The number of hydrogen-bond acceptors (Lipinski definition) is 5. The first-order valence-electron chi connectivity index (χ1n) is 8.37. The molecule has 0 aliphatic heterocycles. The molecule has 6 nitrogen and oxygen atoms in total. The van der Waals surface area contributed by atoms with E-state index < -0.39 is 29.9 Å². The van der Waals surface area contributed by atoms with Gasteiger partial charge in [-0.1, -0.05) is 48.0 Å². The van der Waals surface area contributed by atoms with Crippen LogP contribution in [-0.2, 0) is 19.1 Å². The Morgan fingerprint density at radius 3 is 1.93 bits per heavy atom. The van der Waals surface area contributed by atoms with Crippen LogP contribution in [0.15, 0.2) is 88.7 Å². The molecule has 0 heterocycles. The molecule has 0 fully saturated rings. The molecule has 3 aromatic carbocycles. The summed E-state index contributed by atoms with van der Waals surface area (Å²) in [7, 11) is -3.25. The molecule has 0 saturated heterocycles. The number of para-hydroxylation sites is 1. The number of rotatable bonds is 5. The molecule has 3 rings (SSSR count). The predicted octanol–water partition coefficient (Wildman–Crippen LogP) is 3.96. The van der Waals surface area contributed by atoms with Gasteiger partial charge in [0.2, 0.25) is 0 Å². The zero-order chi connectivity index (χ0) is 21.2. The van der Waals surface area contributed by atoms with Gasteiger partial charge >= 0.3 is 0 Å². The second-order valence-corrected chi connectivity index (χ2v) is 10.5. The topological polar surface area (TPSA) is 88.6 Å². The van der Waals surface area contributed by atoms with Gasteiger partial charge in [0.25, 0.3) is 25.0 Å². The summed E-state index contributed by atoms with van der Waals surface area (Å²) in [5.74, 6) is -0.901. The molecule has 0 N–H and O–H groups in total. The number of hydrogen-bond donors (Lipinski definition) is 0. The number of aryl methyl sites for hydroxylation is 1. The second-order valence-electron chi connectivity index (χ2n) is 6.16. The van der Waals surface area contributed by atoms with Crippen LogP contribution in [0, 0.1) is 6.92 Å². The van der Waals surface area contributed by atoms with E-state index in [4.69, 9.17) is 10.7 Å². The van der Waals surface area contributed by atoms with E-state index in [1.165, 1.54) is 54.6 Å². The Morgan fingerprint density at radius 1 is 0.793 bits per heavy atom. The summed E-state index contributed by atoms with van der Waals surface area (Å²) in [5.41, 5.74) is 0.608. The van der Waals surface area contributed by atoms with E-state index in [0.29, 0.717) is 4.31 Å². The molecule has 150 valence electrons. The van der Waals surface area contributed by atoms with Crippen LogP contribution < -0.4 is 4.31 Å². The first kappa shape index (κ1) is 21.0. The Labute approximate surface area is 173 Å². The molecule has 0 bridgehead atoms. The number of amides is 1. The minimum atomic E-state index is -4.43. The first-order valence-corrected chi connectivity index (χ1v) is 12.1. The van der Waals surface area contributed by atoms with E-state index >= 15 is 0 Å². The third-order valence-electron chi connectivity index (χ3n) is 4.11. The third kappa shape index (κ3) is 4.34. The molecule has 0 aliphatic rings. The summed E-state index contributed by atoms with van der Waals surface area (Å²) in [6.45, 7) is 1.82. The van der Waals surface area contributed by atoms with Crippen molar-refractivity contribution in [1.82, 2.24) is 0 Å². The smallest absolute Gasteiger partial charge is 0.268 e. The molecule has 9 heteroatoms. The van der Waals surface area contributed by atoms with Gasteiger partial charge in [-0.05, 0) is 43.3 Å². The molecular weight excluding hydrogens is 434 g/mol. The number of nitrogens with zero attached hydrogens (tertiary/aromatic N) is 1. The molecule has 0 atom stereocenters. The van der Waals surface area contributed by atoms with E-state index in [-0.39, 0.29) is 16.1 Å². The normalized spacial score (nSPS) is 11.8. The molecule has 0 radical (unpaired) electrons. The summed E-state index contributed by atoms with van der Waals surface area (Å²) < 4.78 is 51.3. The van der Waals surface area contributed by atoms with Crippen LogP contribution in [-0.4, -0.2) is 22.7 Å². The van der Waals surface area contributed by atoms with E-state index in [0.717, 1.165) is 11.6 Å². The number of carbonyl (C=O) groups is 1. The summed E-state index contributed by atoms with van der Waals surface area (Å²) in [6.07, 6.45) is 0. The molecule has 0 saturated carbocycles. The highest BCUT2D eigenvalue weighted by Crippen LogP contribution is 2.33. The standard InChI is InChI=1S/C20H16ClNO5S2/c1-15-11-13-16(14-12-15)20(23)22(29(26,27)17-7-3-2-4-8-17)18-9-5-6-10-19(18)28(21,24)25/h2-14H,1H3. The number of carbonyl (C=O) groups excluding carboxylic acids is 1. The van der Waals surface area contributed by atoms with Crippen molar-refractivity contribution in [2.75, 3.05) is 4.31 Å². The van der Waals surface area contributed by atoms with E-state index in [2.05, 4.69) is 0 Å². The maximum atomic E-state index is 13.4. The monoisotopic (exact) mass is 449 g/mol. The lowest BCUT2D eigenvalue weighted by molar-refractivity contribution is 0.100. The maximum Gasteiger partial charge on any atom is 0.272 e. The summed E-state index contributed by atoms with van der Waals surface area (Å²) in [4.78, 5) is 12.6. The third-order valence-corrected chi connectivity index (χ3v) is 7.19. The SMILES string of the molecule is Cc1ccc(C(=O)N(c2ccccc2S(=O)(=O)Cl)S(=O)(=O)c2ccccc2)cc1. The lowest BCUT2D eigenvalue weighted by Crippen LogP contribution is -2.37. The van der Waals surface area contributed by atoms with Gasteiger partial charge in [0, 0.05) is 16.2 Å². The van der Waals surface area contributed by atoms with Crippen LogP contribution in [0.2, 0.25) is 0 Å². The maximum absolute atomic E-state index is 13.4. The van der Waals surface area contributed by atoms with Gasteiger partial charge in [0.05, 0.1) is 10.6 Å². The van der Waals surface area contributed by atoms with Gasteiger partial charge in [-0.25, -0.2) is 16.8 Å². The zero-order valence-electron chi connectivity index (χ0n) is 15.2. The van der Waals surface area contributed by atoms with Gasteiger partial charge in [0.1, 0.15) is 4.90 Å². The van der Waals surface area contributed by atoms with Crippen LogP contribution in [0.1, 0.15) is 15.9 Å². The van der Waals surface area contributed by atoms with Gasteiger partial charge in [0.15, 0.2) is 0 Å². The van der Waals surface area contributed by atoms with Crippen molar-refractivity contribution in [2.24, 2.45) is 0 Å². The van der Waals surface area contributed by atoms with E-state index in [1.807, 2.05) is 6.92 Å². The largest absolute Gasteiger partial charge is 0.272 e. The summed E-state index contributed by atoms with van der Waals surface area (Å²) >= 11 is 0.